The highest BCUT2D eigenvalue weighted by Crippen LogP contribution is 2.23. The van der Waals surface area contributed by atoms with E-state index in [0.717, 1.165) is 32.0 Å². The van der Waals surface area contributed by atoms with Gasteiger partial charge in [0, 0.05) is 29.3 Å². The van der Waals surface area contributed by atoms with E-state index in [1.54, 1.807) is 24.3 Å². The van der Waals surface area contributed by atoms with Crippen LogP contribution in [0, 0.1) is 0 Å². The van der Waals surface area contributed by atoms with Gasteiger partial charge in [-0.25, -0.2) is 4.90 Å². The molecule has 2 amide bonds. The van der Waals surface area contributed by atoms with Gasteiger partial charge in [0.05, 0.1) is 25.3 Å². The number of nitrogens with two attached hydrogens (primary N) is 1. The molecule has 2 aromatic rings. The second-order valence-corrected chi connectivity index (χ2v) is 7.30. The fourth-order valence-corrected chi connectivity index (χ4v) is 3.74. The number of quaternary nitrogens is 2. The van der Waals surface area contributed by atoms with Crippen molar-refractivity contribution in [2.24, 2.45) is 0 Å². The molecule has 27 heavy (non-hydrogen) atoms. The maximum Gasteiger partial charge on any atom is 0.292 e. The lowest BCUT2D eigenvalue weighted by atomic mass is 10.2. The smallest absolute Gasteiger partial charge is 0.292 e. The molecule has 4 rings (SSSR count). The summed E-state index contributed by atoms with van der Waals surface area (Å²) < 4.78 is 5.40. The first-order valence-corrected chi connectivity index (χ1v) is 9.50. The molecule has 0 spiro atoms. The molecule has 0 saturated carbocycles. The third-order valence-electron chi connectivity index (χ3n) is 5.08. The molecular weight excluding hydrogens is 366 g/mol. The Morgan fingerprint density at radius 1 is 1.00 bits per heavy atom. The van der Waals surface area contributed by atoms with E-state index in [1.807, 2.05) is 17.4 Å². The van der Waals surface area contributed by atoms with Crippen LogP contribution < -0.4 is 15.1 Å². The van der Waals surface area contributed by atoms with Gasteiger partial charge in [-0.1, -0.05) is 11.6 Å². The van der Waals surface area contributed by atoms with E-state index in [4.69, 9.17) is 16.3 Å². The molecule has 2 saturated heterocycles. The molecule has 2 fully saturated rings. The van der Waals surface area contributed by atoms with Crippen molar-refractivity contribution < 1.29 is 24.5 Å². The molecule has 0 radical (unpaired) electrons. The molecule has 3 N–H and O–H groups in total. The number of carbonyl (C=O) groups is 2. The number of hydrogen-bond donors (Lipinski definition) is 2. The largest absolute Gasteiger partial charge is 0.370 e. The van der Waals surface area contributed by atoms with Crippen molar-refractivity contribution in [3.05, 3.63) is 53.6 Å². The second kappa shape index (κ2) is 7.78. The summed E-state index contributed by atoms with van der Waals surface area (Å²) in [6, 6.07) is 14.5. The highest BCUT2D eigenvalue weighted by molar-refractivity contribution is 6.30. The van der Waals surface area contributed by atoms with Gasteiger partial charge in [-0.05, 0) is 24.3 Å². The zero-order valence-electron chi connectivity index (χ0n) is 14.9. The Morgan fingerprint density at radius 2 is 1.67 bits per heavy atom. The number of benzene rings is 2. The fraction of sp³-hybridized carbons (Fsp3) is 0.300. The van der Waals surface area contributed by atoms with Crippen LogP contribution in [0.2, 0.25) is 5.02 Å². The minimum Gasteiger partial charge on any atom is -0.370 e. The van der Waals surface area contributed by atoms with E-state index in [0.29, 0.717) is 10.7 Å². The Balaban J connectivity index is 1.44. The van der Waals surface area contributed by atoms with Crippen LogP contribution in [0.3, 0.4) is 0 Å². The van der Waals surface area contributed by atoms with Crippen LogP contribution in [0.4, 0.5) is 17.1 Å². The van der Waals surface area contributed by atoms with Gasteiger partial charge >= 0.3 is 0 Å². The van der Waals surface area contributed by atoms with Gasteiger partial charge in [-0.3, -0.25) is 14.5 Å². The standard InChI is InChI=1S/C20H20ClN3O3/c21-14-1-5-17(6-2-14)24-19(25)13-18(20(24)26)22-15-3-7-16(8-4-15)23-9-11-27-12-10-23/h1-8,18,22H,9-13H2/p+2. The number of hydrogen-bond acceptors (Lipinski definition) is 3. The quantitative estimate of drug-likeness (QED) is 0.590. The molecule has 0 aliphatic carbocycles. The van der Waals surface area contributed by atoms with Crippen LogP contribution in [0.25, 0.3) is 0 Å². The summed E-state index contributed by atoms with van der Waals surface area (Å²) in [6.45, 7) is 3.49. The Kier molecular flexibility index (Phi) is 5.22. The highest BCUT2D eigenvalue weighted by atomic mass is 35.5. The van der Waals surface area contributed by atoms with Crippen molar-refractivity contribution in [3.63, 3.8) is 0 Å². The van der Waals surface area contributed by atoms with Crippen LogP contribution in [0.5, 0.6) is 0 Å². The summed E-state index contributed by atoms with van der Waals surface area (Å²) in [5.41, 5.74) is 2.75. The lowest BCUT2D eigenvalue weighted by Gasteiger charge is -2.23. The molecule has 1 unspecified atom stereocenters. The van der Waals surface area contributed by atoms with Crippen molar-refractivity contribution >= 4 is 40.5 Å². The van der Waals surface area contributed by atoms with E-state index < -0.39 is 6.04 Å². The molecule has 1 atom stereocenters. The zero-order chi connectivity index (χ0) is 18.8. The number of anilines is 1. The average Bonchev–Trinajstić information content (AvgIpc) is 2.97. The van der Waals surface area contributed by atoms with Crippen LogP contribution in [0.1, 0.15) is 6.42 Å². The predicted molar refractivity (Wildman–Crippen MR) is 102 cm³/mol. The minimum atomic E-state index is -0.435. The van der Waals surface area contributed by atoms with E-state index in [2.05, 4.69) is 12.1 Å². The van der Waals surface area contributed by atoms with Crippen molar-refractivity contribution in [3.8, 4) is 0 Å². The van der Waals surface area contributed by atoms with E-state index in [9.17, 15) is 9.59 Å². The summed E-state index contributed by atoms with van der Waals surface area (Å²) in [5.74, 6) is -0.372. The maximum atomic E-state index is 12.7. The Hall–Kier alpha value is -2.25. The summed E-state index contributed by atoms with van der Waals surface area (Å²) >= 11 is 5.89. The predicted octanol–water partition coefficient (Wildman–Crippen LogP) is 0.414. The van der Waals surface area contributed by atoms with Crippen LogP contribution in [-0.2, 0) is 14.3 Å². The number of morpholine rings is 1. The zero-order valence-corrected chi connectivity index (χ0v) is 15.6. The summed E-state index contributed by atoms with van der Waals surface area (Å²) in [7, 11) is 0. The summed E-state index contributed by atoms with van der Waals surface area (Å²) in [6.07, 6.45) is 0.192. The number of nitrogens with zero attached hydrogens (tertiary/aromatic N) is 1. The van der Waals surface area contributed by atoms with Crippen LogP contribution in [0.15, 0.2) is 48.5 Å². The third kappa shape index (κ3) is 3.89. The molecule has 2 aromatic carbocycles. The summed E-state index contributed by atoms with van der Waals surface area (Å²) in [5, 5.41) is 2.46. The van der Waals surface area contributed by atoms with E-state index in [1.165, 1.54) is 15.5 Å². The molecular formula is C20H22ClN3O3+2. The fourth-order valence-electron chi connectivity index (χ4n) is 3.62. The maximum absolute atomic E-state index is 12.7. The molecule has 2 aliphatic heterocycles. The number of rotatable bonds is 4. The van der Waals surface area contributed by atoms with E-state index >= 15 is 0 Å². The normalized spacial score (nSPS) is 21.1. The molecule has 6 nitrogen and oxygen atoms in total. The van der Waals surface area contributed by atoms with Crippen LogP contribution >= 0.6 is 11.6 Å². The number of imide groups is 1. The van der Waals surface area contributed by atoms with Gasteiger partial charge in [0.15, 0.2) is 6.04 Å². The SMILES string of the molecule is O=C1CC([NH2+]c2ccc([NH+]3CCOCC3)cc2)C(=O)N1c1ccc(Cl)cc1. The first kappa shape index (κ1) is 18.1. The van der Waals surface area contributed by atoms with Crippen molar-refractivity contribution in [2.45, 2.75) is 12.5 Å². The number of nitrogens with one attached hydrogen (secondary N) is 1. The molecule has 2 aliphatic rings. The first-order valence-electron chi connectivity index (χ1n) is 9.12. The van der Waals surface area contributed by atoms with Gasteiger partial charge in [0.2, 0.25) is 5.91 Å². The van der Waals surface area contributed by atoms with Crippen LogP contribution in [-0.4, -0.2) is 44.2 Å². The highest BCUT2D eigenvalue weighted by Gasteiger charge is 2.42. The van der Waals surface area contributed by atoms with Crippen molar-refractivity contribution in [1.82, 2.24) is 0 Å². The Morgan fingerprint density at radius 3 is 2.33 bits per heavy atom. The first-order chi connectivity index (χ1) is 13.1. The molecule has 2 heterocycles. The van der Waals surface area contributed by atoms with Crippen molar-refractivity contribution in [1.29, 1.82) is 0 Å². The summed E-state index contributed by atoms with van der Waals surface area (Å²) in [4.78, 5) is 27.8. The molecule has 0 aromatic heterocycles. The lowest BCUT2D eigenvalue weighted by Crippen LogP contribution is -3.09. The average molecular weight is 388 g/mol. The minimum absolute atomic E-state index is 0.182. The molecule has 0 bridgehead atoms. The van der Waals surface area contributed by atoms with Gasteiger partial charge in [-0.15, -0.1) is 0 Å². The number of amides is 2. The number of halogens is 1. The number of ether oxygens (including phenoxy) is 1. The monoisotopic (exact) mass is 387 g/mol. The van der Waals surface area contributed by atoms with Crippen molar-refractivity contribution in [2.75, 3.05) is 31.2 Å². The molecule has 7 heteroatoms. The van der Waals surface area contributed by atoms with Gasteiger partial charge < -0.3 is 10.1 Å². The Labute approximate surface area is 162 Å². The molecule has 140 valence electrons. The lowest BCUT2D eigenvalue weighted by molar-refractivity contribution is -0.842. The van der Waals surface area contributed by atoms with Gasteiger partial charge in [0.25, 0.3) is 5.91 Å². The topological polar surface area (TPSA) is 67.7 Å². The third-order valence-corrected chi connectivity index (χ3v) is 5.33. The number of carbonyl (C=O) groups excluding carboxylic acids is 2. The second-order valence-electron chi connectivity index (χ2n) is 6.86. The van der Waals surface area contributed by atoms with Gasteiger partial charge in [-0.2, -0.15) is 0 Å². The van der Waals surface area contributed by atoms with Gasteiger partial charge in [0.1, 0.15) is 24.5 Å². The Bertz CT molecular complexity index is 833. The van der Waals surface area contributed by atoms with E-state index in [-0.39, 0.29) is 18.2 Å².